The summed E-state index contributed by atoms with van der Waals surface area (Å²) in [6, 6.07) is 6.20. The van der Waals surface area contributed by atoms with Gasteiger partial charge in [-0.25, -0.2) is 4.39 Å². The maximum atomic E-state index is 12.9. The number of halogens is 1. The third-order valence-electron chi connectivity index (χ3n) is 3.19. The molecule has 0 aliphatic carbocycles. The van der Waals surface area contributed by atoms with Crippen LogP contribution < -0.4 is 5.32 Å². The first-order valence-electron chi connectivity index (χ1n) is 5.76. The highest BCUT2D eigenvalue weighted by molar-refractivity contribution is 5.57. The lowest BCUT2D eigenvalue weighted by molar-refractivity contribution is 0.108. The van der Waals surface area contributed by atoms with E-state index in [2.05, 4.69) is 12.2 Å². The SMILES string of the molecule is CC1OCCC1CNc1ccc(F)cc1C#N. The number of nitrogens with one attached hydrogen (secondary N) is 1. The second-order valence-electron chi connectivity index (χ2n) is 4.31. The third kappa shape index (κ3) is 2.75. The Balaban J connectivity index is 2.01. The minimum Gasteiger partial charge on any atom is -0.384 e. The van der Waals surface area contributed by atoms with Gasteiger partial charge in [0.1, 0.15) is 11.9 Å². The second-order valence-corrected chi connectivity index (χ2v) is 4.31. The van der Waals surface area contributed by atoms with Gasteiger partial charge in [-0.2, -0.15) is 5.26 Å². The molecule has 0 bridgehead atoms. The Morgan fingerprint density at radius 1 is 1.59 bits per heavy atom. The van der Waals surface area contributed by atoms with Gasteiger partial charge in [-0.05, 0) is 31.5 Å². The Bertz CT molecular complexity index is 442. The average molecular weight is 234 g/mol. The molecule has 1 aliphatic heterocycles. The molecule has 1 fully saturated rings. The molecule has 2 atom stereocenters. The summed E-state index contributed by atoms with van der Waals surface area (Å²) in [7, 11) is 0. The Labute approximate surface area is 100 Å². The minimum atomic E-state index is -0.385. The van der Waals surface area contributed by atoms with E-state index >= 15 is 0 Å². The number of rotatable bonds is 3. The molecule has 1 heterocycles. The van der Waals surface area contributed by atoms with E-state index in [9.17, 15) is 4.39 Å². The average Bonchev–Trinajstić information content (AvgIpc) is 2.73. The molecular formula is C13H15FN2O. The molecule has 0 aromatic heterocycles. The zero-order valence-electron chi connectivity index (χ0n) is 9.74. The third-order valence-corrected chi connectivity index (χ3v) is 3.19. The molecule has 1 aliphatic rings. The number of nitrogens with zero attached hydrogens (tertiary/aromatic N) is 1. The van der Waals surface area contributed by atoms with E-state index in [-0.39, 0.29) is 11.9 Å². The minimum absolute atomic E-state index is 0.244. The van der Waals surface area contributed by atoms with Crippen molar-refractivity contribution in [3.63, 3.8) is 0 Å². The van der Waals surface area contributed by atoms with Gasteiger partial charge >= 0.3 is 0 Å². The summed E-state index contributed by atoms with van der Waals surface area (Å²) < 4.78 is 18.4. The standard InChI is InChI=1S/C13H15FN2O/c1-9-10(4-5-17-9)8-16-13-3-2-12(14)6-11(13)7-15/h2-3,6,9-10,16H,4-5,8H2,1H3. The molecule has 0 radical (unpaired) electrons. The van der Waals surface area contributed by atoms with Crippen LogP contribution in [0.1, 0.15) is 18.9 Å². The molecule has 3 nitrogen and oxygen atoms in total. The van der Waals surface area contributed by atoms with Crippen molar-refractivity contribution in [2.45, 2.75) is 19.4 Å². The molecule has 1 N–H and O–H groups in total. The highest BCUT2D eigenvalue weighted by atomic mass is 19.1. The first-order valence-corrected chi connectivity index (χ1v) is 5.76. The van der Waals surface area contributed by atoms with E-state index in [0.29, 0.717) is 17.2 Å². The maximum absolute atomic E-state index is 12.9. The van der Waals surface area contributed by atoms with E-state index in [1.54, 1.807) is 6.07 Å². The van der Waals surface area contributed by atoms with Gasteiger partial charge in [-0.3, -0.25) is 0 Å². The van der Waals surface area contributed by atoms with Crippen molar-refractivity contribution in [1.29, 1.82) is 5.26 Å². The number of hydrogen-bond acceptors (Lipinski definition) is 3. The molecule has 0 amide bonds. The quantitative estimate of drug-likeness (QED) is 0.874. The van der Waals surface area contributed by atoms with Crippen LogP contribution in [0.5, 0.6) is 0 Å². The van der Waals surface area contributed by atoms with Crippen LogP contribution >= 0.6 is 0 Å². The summed E-state index contributed by atoms with van der Waals surface area (Å²) in [4.78, 5) is 0. The lowest BCUT2D eigenvalue weighted by Gasteiger charge is -2.16. The molecule has 0 saturated carbocycles. The van der Waals surface area contributed by atoms with Gasteiger partial charge in [0.15, 0.2) is 0 Å². The Kier molecular flexibility index (Phi) is 3.60. The Morgan fingerprint density at radius 2 is 2.41 bits per heavy atom. The van der Waals surface area contributed by atoms with Crippen molar-refractivity contribution >= 4 is 5.69 Å². The zero-order chi connectivity index (χ0) is 12.3. The maximum Gasteiger partial charge on any atom is 0.124 e. The fourth-order valence-electron chi connectivity index (χ4n) is 2.05. The van der Waals surface area contributed by atoms with Crippen LogP contribution in [0.25, 0.3) is 0 Å². The molecule has 0 spiro atoms. The van der Waals surface area contributed by atoms with Gasteiger partial charge in [0.2, 0.25) is 0 Å². The molecule has 1 aromatic rings. The van der Waals surface area contributed by atoms with Crippen LogP contribution in [0.15, 0.2) is 18.2 Å². The zero-order valence-corrected chi connectivity index (χ0v) is 9.74. The van der Waals surface area contributed by atoms with Gasteiger partial charge in [-0.1, -0.05) is 0 Å². The fourth-order valence-corrected chi connectivity index (χ4v) is 2.05. The second kappa shape index (κ2) is 5.15. The van der Waals surface area contributed by atoms with Crippen LogP contribution in [-0.2, 0) is 4.74 Å². The fraction of sp³-hybridized carbons (Fsp3) is 0.462. The van der Waals surface area contributed by atoms with E-state index in [0.717, 1.165) is 19.6 Å². The number of anilines is 1. The Morgan fingerprint density at radius 3 is 3.06 bits per heavy atom. The highest BCUT2D eigenvalue weighted by Crippen LogP contribution is 2.22. The van der Waals surface area contributed by atoms with Gasteiger partial charge in [-0.15, -0.1) is 0 Å². The molecule has 2 unspecified atom stereocenters. The smallest absolute Gasteiger partial charge is 0.124 e. The van der Waals surface area contributed by atoms with E-state index < -0.39 is 0 Å². The number of ether oxygens (including phenoxy) is 1. The van der Waals surface area contributed by atoms with Crippen LogP contribution in [0.3, 0.4) is 0 Å². The molecule has 2 rings (SSSR count). The molecule has 17 heavy (non-hydrogen) atoms. The normalized spacial score (nSPS) is 23.4. The molecule has 1 saturated heterocycles. The number of benzene rings is 1. The highest BCUT2D eigenvalue weighted by Gasteiger charge is 2.23. The van der Waals surface area contributed by atoms with Crippen LogP contribution in [-0.4, -0.2) is 19.3 Å². The van der Waals surface area contributed by atoms with E-state index in [1.807, 2.05) is 6.07 Å². The molecule has 1 aromatic carbocycles. The predicted octanol–water partition coefficient (Wildman–Crippen LogP) is 2.53. The summed E-state index contributed by atoms with van der Waals surface area (Å²) in [5.74, 6) is 0.0660. The summed E-state index contributed by atoms with van der Waals surface area (Å²) in [6.45, 7) is 3.60. The van der Waals surface area contributed by atoms with Crippen LogP contribution in [0.4, 0.5) is 10.1 Å². The summed E-state index contributed by atoms with van der Waals surface area (Å²) in [5.41, 5.74) is 1.03. The van der Waals surface area contributed by atoms with Crippen LogP contribution in [0, 0.1) is 23.1 Å². The van der Waals surface area contributed by atoms with Crippen molar-refractivity contribution in [2.75, 3.05) is 18.5 Å². The molecule has 4 heteroatoms. The Hall–Kier alpha value is -1.60. The lowest BCUT2D eigenvalue weighted by Crippen LogP contribution is -2.21. The topological polar surface area (TPSA) is 45.0 Å². The van der Waals surface area contributed by atoms with Crippen molar-refractivity contribution in [2.24, 2.45) is 5.92 Å². The summed E-state index contributed by atoms with van der Waals surface area (Å²) in [5, 5.41) is 12.1. The van der Waals surface area contributed by atoms with Gasteiger partial charge < -0.3 is 10.1 Å². The van der Waals surface area contributed by atoms with E-state index in [4.69, 9.17) is 10.00 Å². The van der Waals surface area contributed by atoms with Crippen LogP contribution in [0.2, 0.25) is 0 Å². The van der Waals surface area contributed by atoms with E-state index in [1.165, 1.54) is 12.1 Å². The monoisotopic (exact) mass is 234 g/mol. The van der Waals surface area contributed by atoms with Crippen molar-refractivity contribution in [3.05, 3.63) is 29.6 Å². The molecule has 90 valence electrons. The largest absolute Gasteiger partial charge is 0.384 e. The number of nitriles is 1. The van der Waals surface area contributed by atoms with Crippen molar-refractivity contribution < 1.29 is 9.13 Å². The first kappa shape index (κ1) is 11.9. The van der Waals surface area contributed by atoms with Crippen molar-refractivity contribution in [1.82, 2.24) is 0 Å². The number of hydrogen-bond donors (Lipinski definition) is 1. The van der Waals surface area contributed by atoms with Gasteiger partial charge in [0, 0.05) is 19.1 Å². The van der Waals surface area contributed by atoms with Crippen molar-refractivity contribution in [3.8, 4) is 6.07 Å². The lowest BCUT2D eigenvalue weighted by atomic mass is 10.0. The summed E-state index contributed by atoms with van der Waals surface area (Å²) in [6.07, 6.45) is 1.27. The predicted molar refractivity (Wildman–Crippen MR) is 63.1 cm³/mol. The first-order chi connectivity index (χ1) is 8.20. The molecular weight excluding hydrogens is 219 g/mol. The van der Waals surface area contributed by atoms with Gasteiger partial charge in [0.05, 0.1) is 17.4 Å². The van der Waals surface area contributed by atoms with Gasteiger partial charge in [0.25, 0.3) is 0 Å². The summed E-state index contributed by atoms with van der Waals surface area (Å²) >= 11 is 0.